The fourth-order valence-corrected chi connectivity index (χ4v) is 2.85. The lowest BCUT2D eigenvalue weighted by Crippen LogP contribution is -2.42. The molecule has 0 atom stereocenters. The third kappa shape index (κ3) is 6.04. The Bertz CT molecular complexity index is 702. The van der Waals surface area contributed by atoms with Gasteiger partial charge in [-0.05, 0) is 35.7 Å². The first-order valence-electron chi connectivity index (χ1n) is 7.80. The molecular formula is C18H20FN3O2S. The van der Waals surface area contributed by atoms with Gasteiger partial charge in [-0.15, -0.1) is 17.9 Å². The zero-order chi connectivity index (χ0) is 18.1. The minimum absolute atomic E-state index is 0.218. The number of halogens is 1. The van der Waals surface area contributed by atoms with Crippen LogP contribution >= 0.6 is 11.3 Å². The van der Waals surface area contributed by atoms with E-state index in [0.29, 0.717) is 25.2 Å². The minimum atomic E-state index is -0.392. The summed E-state index contributed by atoms with van der Waals surface area (Å²) in [7, 11) is 0. The minimum Gasteiger partial charge on any atom is -0.350 e. The Kier molecular flexibility index (Phi) is 7.16. The Balaban J connectivity index is 1.75. The number of hydrogen-bond donors (Lipinski definition) is 2. The van der Waals surface area contributed by atoms with Crippen LogP contribution in [0.4, 0.5) is 9.18 Å². The van der Waals surface area contributed by atoms with Gasteiger partial charge in [-0.25, -0.2) is 9.18 Å². The fourth-order valence-electron chi connectivity index (χ4n) is 2.13. The first-order chi connectivity index (χ1) is 12.1. The summed E-state index contributed by atoms with van der Waals surface area (Å²) in [5.41, 5.74) is 0.374. The molecule has 132 valence electrons. The zero-order valence-electron chi connectivity index (χ0n) is 13.7. The van der Waals surface area contributed by atoms with Crippen molar-refractivity contribution in [1.29, 1.82) is 0 Å². The highest BCUT2D eigenvalue weighted by Crippen LogP contribution is 2.11. The molecule has 0 bridgehead atoms. The normalized spacial score (nSPS) is 10.1. The predicted octanol–water partition coefficient (Wildman–Crippen LogP) is 3.01. The summed E-state index contributed by atoms with van der Waals surface area (Å²) in [4.78, 5) is 26.8. The second-order valence-corrected chi connectivity index (χ2v) is 6.28. The molecule has 0 aliphatic carbocycles. The quantitative estimate of drug-likeness (QED) is 0.561. The van der Waals surface area contributed by atoms with Crippen molar-refractivity contribution in [2.24, 2.45) is 0 Å². The molecule has 1 aromatic heterocycles. The first-order valence-corrected chi connectivity index (χ1v) is 8.68. The maximum atomic E-state index is 12.8. The maximum absolute atomic E-state index is 12.8. The number of urea groups is 1. The molecule has 7 heteroatoms. The fraction of sp³-hybridized carbons (Fsp3) is 0.222. The van der Waals surface area contributed by atoms with Crippen molar-refractivity contribution in [1.82, 2.24) is 15.5 Å². The average Bonchev–Trinajstić information content (AvgIpc) is 3.11. The molecule has 0 spiro atoms. The van der Waals surface area contributed by atoms with Gasteiger partial charge < -0.3 is 15.5 Å². The van der Waals surface area contributed by atoms with E-state index in [1.54, 1.807) is 22.3 Å². The molecule has 0 aliphatic rings. The first kappa shape index (κ1) is 18.7. The highest BCUT2D eigenvalue weighted by atomic mass is 32.1. The van der Waals surface area contributed by atoms with Crippen LogP contribution in [0.25, 0.3) is 0 Å². The predicted molar refractivity (Wildman–Crippen MR) is 97.1 cm³/mol. The topological polar surface area (TPSA) is 61.4 Å². The molecule has 25 heavy (non-hydrogen) atoms. The Morgan fingerprint density at radius 2 is 1.88 bits per heavy atom. The van der Waals surface area contributed by atoms with E-state index >= 15 is 0 Å². The Morgan fingerprint density at radius 3 is 2.52 bits per heavy atom. The second-order valence-electron chi connectivity index (χ2n) is 5.24. The third-order valence-corrected chi connectivity index (χ3v) is 4.22. The van der Waals surface area contributed by atoms with E-state index in [-0.39, 0.29) is 18.5 Å². The van der Waals surface area contributed by atoms with E-state index in [0.717, 1.165) is 4.88 Å². The number of rotatable bonds is 8. The van der Waals surface area contributed by atoms with E-state index in [4.69, 9.17) is 0 Å². The van der Waals surface area contributed by atoms with Crippen molar-refractivity contribution in [3.05, 3.63) is 70.7 Å². The standard InChI is InChI=1S/C18H20FN3O2S/c1-2-11-22(13-16-4-3-12-25-16)18(24)21-10-9-20-17(23)14-5-7-15(19)8-6-14/h2-8,12H,1,9-11,13H2,(H,20,23)(H,21,24). The molecule has 0 radical (unpaired) electrons. The van der Waals surface area contributed by atoms with E-state index in [1.165, 1.54) is 24.3 Å². The van der Waals surface area contributed by atoms with Crippen LogP contribution in [0.2, 0.25) is 0 Å². The maximum Gasteiger partial charge on any atom is 0.318 e. The lowest BCUT2D eigenvalue weighted by molar-refractivity contribution is 0.0953. The summed E-state index contributed by atoms with van der Waals surface area (Å²) in [6.07, 6.45) is 1.67. The molecule has 1 heterocycles. The molecular weight excluding hydrogens is 341 g/mol. The molecule has 0 saturated carbocycles. The molecule has 0 saturated heterocycles. The van der Waals surface area contributed by atoms with Crippen LogP contribution in [-0.4, -0.2) is 36.5 Å². The number of amides is 3. The SMILES string of the molecule is C=CCN(Cc1cccs1)C(=O)NCCNC(=O)c1ccc(F)cc1. The van der Waals surface area contributed by atoms with Crippen LogP contribution in [0, 0.1) is 5.82 Å². The van der Waals surface area contributed by atoms with E-state index in [9.17, 15) is 14.0 Å². The van der Waals surface area contributed by atoms with Gasteiger partial charge in [0.1, 0.15) is 5.82 Å². The highest BCUT2D eigenvalue weighted by Gasteiger charge is 2.12. The third-order valence-electron chi connectivity index (χ3n) is 3.36. The van der Waals surface area contributed by atoms with Gasteiger partial charge in [-0.1, -0.05) is 12.1 Å². The Morgan fingerprint density at radius 1 is 1.16 bits per heavy atom. The van der Waals surface area contributed by atoms with Crippen LogP contribution in [0.15, 0.2) is 54.4 Å². The van der Waals surface area contributed by atoms with Crippen LogP contribution < -0.4 is 10.6 Å². The van der Waals surface area contributed by atoms with E-state index < -0.39 is 5.82 Å². The number of nitrogens with zero attached hydrogens (tertiary/aromatic N) is 1. The number of thiophene rings is 1. The number of carbonyl (C=O) groups excluding carboxylic acids is 2. The van der Waals surface area contributed by atoms with E-state index in [2.05, 4.69) is 17.2 Å². The molecule has 0 unspecified atom stereocenters. The van der Waals surface area contributed by atoms with Gasteiger partial charge in [-0.3, -0.25) is 4.79 Å². The monoisotopic (exact) mass is 361 g/mol. The molecule has 2 N–H and O–H groups in total. The zero-order valence-corrected chi connectivity index (χ0v) is 14.5. The molecule has 2 aromatic rings. The summed E-state index contributed by atoms with van der Waals surface area (Å²) in [6, 6.07) is 8.98. The Hall–Kier alpha value is -2.67. The number of carbonyl (C=O) groups is 2. The second kappa shape index (κ2) is 9.58. The van der Waals surface area contributed by atoms with Crippen molar-refractivity contribution in [2.75, 3.05) is 19.6 Å². The average molecular weight is 361 g/mol. The lowest BCUT2D eigenvalue weighted by atomic mass is 10.2. The highest BCUT2D eigenvalue weighted by molar-refractivity contribution is 7.09. The lowest BCUT2D eigenvalue weighted by Gasteiger charge is -2.21. The van der Waals surface area contributed by atoms with Crippen LogP contribution in [-0.2, 0) is 6.54 Å². The summed E-state index contributed by atoms with van der Waals surface area (Å²) in [5, 5.41) is 7.41. The molecule has 2 rings (SSSR count). The van der Waals surface area contributed by atoms with Crippen LogP contribution in [0.5, 0.6) is 0 Å². The molecule has 3 amide bonds. The summed E-state index contributed by atoms with van der Waals surface area (Å²) >= 11 is 1.59. The largest absolute Gasteiger partial charge is 0.350 e. The molecule has 1 aromatic carbocycles. The number of benzene rings is 1. The molecule has 0 aliphatic heterocycles. The number of nitrogens with one attached hydrogen (secondary N) is 2. The molecule has 5 nitrogen and oxygen atoms in total. The van der Waals surface area contributed by atoms with Gasteiger partial charge in [-0.2, -0.15) is 0 Å². The molecule has 0 fully saturated rings. The van der Waals surface area contributed by atoms with Crippen molar-refractivity contribution < 1.29 is 14.0 Å². The van der Waals surface area contributed by atoms with Gasteiger partial charge >= 0.3 is 6.03 Å². The van der Waals surface area contributed by atoms with Gasteiger partial charge in [0.2, 0.25) is 0 Å². The van der Waals surface area contributed by atoms with Crippen LogP contribution in [0.1, 0.15) is 15.2 Å². The number of hydrogen-bond acceptors (Lipinski definition) is 3. The summed E-state index contributed by atoms with van der Waals surface area (Å²) < 4.78 is 12.8. The van der Waals surface area contributed by atoms with Crippen molar-refractivity contribution >= 4 is 23.3 Å². The van der Waals surface area contributed by atoms with Gasteiger partial charge in [0.05, 0.1) is 6.54 Å². The van der Waals surface area contributed by atoms with Gasteiger partial charge in [0.25, 0.3) is 5.91 Å². The Labute approximate surface area is 150 Å². The smallest absolute Gasteiger partial charge is 0.318 e. The van der Waals surface area contributed by atoms with Gasteiger partial charge in [0, 0.05) is 30.1 Å². The van der Waals surface area contributed by atoms with Crippen molar-refractivity contribution in [2.45, 2.75) is 6.54 Å². The van der Waals surface area contributed by atoms with Crippen molar-refractivity contribution in [3.63, 3.8) is 0 Å². The van der Waals surface area contributed by atoms with E-state index in [1.807, 2.05) is 17.5 Å². The van der Waals surface area contributed by atoms with Crippen molar-refractivity contribution in [3.8, 4) is 0 Å². The summed E-state index contributed by atoms with van der Waals surface area (Å²) in [5.74, 6) is -0.701. The van der Waals surface area contributed by atoms with Crippen LogP contribution in [0.3, 0.4) is 0 Å². The van der Waals surface area contributed by atoms with Gasteiger partial charge in [0.15, 0.2) is 0 Å². The summed E-state index contributed by atoms with van der Waals surface area (Å²) in [6.45, 7) is 5.19.